The van der Waals surface area contributed by atoms with Crippen molar-refractivity contribution in [1.82, 2.24) is 14.6 Å². The number of hydrogen-bond donors (Lipinski definition) is 3. The minimum Gasteiger partial charge on any atom is -0.309 e. The van der Waals surface area contributed by atoms with Crippen molar-refractivity contribution in [1.29, 1.82) is 0 Å². The fourth-order valence-corrected chi connectivity index (χ4v) is 2.69. The van der Waals surface area contributed by atoms with Gasteiger partial charge in [0, 0.05) is 12.7 Å². The molecule has 0 aliphatic heterocycles. The number of nitrogens with two attached hydrogens (primary N) is 1. The largest absolute Gasteiger partial charge is 0.309 e. The topological polar surface area (TPSA) is 100 Å². The fraction of sp³-hybridized carbons (Fsp3) is 0.500. The summed E-state index contributed by atoms with van der Waals surface area (Å²) in [5.41, 5.74) is 2.27. The summed E-state index contributed by atoms with van der Waals surface area (Å²) in [7, 11) is 0.265. The highest BCUT2D eigenvalue weighted by molar-refractivity contribution is 7.89. The van der Waals surface area contributed by atoms with Crippen molar-refractivity contribution in [2.45, 2.75) is 11.3 Å². The van der Waals surface area contributed by atoms with E-state index in [0.29, 0.717) is 6.54 Å². The van der Waals surface area contributed by atoms with Gasteiger partial charge in [-0.2, -0.15) is 0 Å². The van der Waals surface area contributed by atoms with Crippen molar-refractivity contribution in [3.8, 4) is 0 Å². The SMILES string of the molecule is CN(C)CCCNS(=O)(=O)c1cnc(NN)c(Cl)c1. The van der Waals surface area contributed by atoms with E-state index in [1.807, 2.05) is 19.0 Å². The molecular formula is C10H18ClN5O2S. The number of nitrogens with one attached hydrogen (secondary N) is 2. The average Bonchev–Trinajstić information content (AvgIpc) is 2.34. The van der Waals surface area contributed by atoms with Crippen LogP contribution >= 0.6 is 11.6 Å². The van der Waals surface area contributed by atoms with Crippen LogP contribution in [0, 0.1) is 0 Å². The molecule has 0 spiro atoms. The van der Waals surface area contributed by atoms with E-state index in [1.54, 1.807) is 0 Å². The van der Waals surface area contributed by atoms with Crippen molar-refractivity contribution in [3.05, 3.63) is 17.3 Å². The van der Waals surface area contributed by atoms with Gasteiger partial charge in [-0.05, 0) is 33.1 Å². The summed E-state index contributed by atoms with van der Waals surface area (Å²) in [5.74, 6) is 5.40. The van der Waals surface area contributed by atoms with E-state index < -0.39 is 10.0 Å². The second kappa shape index (κ2) is 7.01. The molecule has 19 heavy (non-hydrogen) atoms. The van der Waals surface area contributed by atoms with Crippen molar-refractivity contribution < 1.29 is 8.42 Å². The number of nitrogens with zero attached hydrogens (tertiary/aromatic N) is 2. The average molecular weight is 308 g/mol. The molecule has 0 radical (unpaired) electrons. The van der Waals surface area contributed by atoms with Crippen molar-refractivity contribution in [3.63, 3.8) is 0 Å². The Bertz CT molecular complexity index is 521. The number of anilines is 1. The lowest BCUT2D eigenvalue weighted by Crippen LogP contribution is -2.27. The van der Waals surface area contributed by atoms with Crippen molar-refractivity contribution in [2.75, 3.05) is 32.6 Å². The maximum Gasteiger partial charge on any atom is 0.242 e. The van der Waals surface area contributed by atoms with Crippen LogP contribution in [0.15, 0.2) is 17.2 Å². The maximum atomic E-state index is 12.0. The number of hydrazine groups is 1. The van der Waals surface area contributed by atoms with E-state index in [1.165, 1.54) is 12.3 Å². The highest BCUT2D eigenvalue weighted by atomic mass is 35.5. The number of pyridine rings is 1. The van der Waals surface area contributed by atoms with E-state index in [4.69, 9.17) is 17.4 Å². The molecule has 4 N–H and O–H groups in total. The van der Waals surface area contributed by atoms with Gasteiger partial charge in [0.1, 0.15) is 4.90 Å². The molecule has 0 saturated carbocycles. The smallest absolute Gasteiger partial charge is 0.242 e. The molecule has 0 aliphatic carbocycles. The van der Waals surface area contributed by atoms with Crippen LogP contribution in [-0.4, -0.2) is 45.5 Å². The van der Waals surface area contributed by atoms with Gasteiger partial charge < -0.3 is 10.3 Å². The molecule has 1 aromatic rings. The summed E-state index contributed by atoms with van der Waals surface area (Å²) in [6.45, 7) is 1.16. The molecule has 1 rings (SSSR count). The zero-order valence-corrected chi connectivity index (χ0v) is 12.4. The lowest BCUT2D eigenvalue weighted by atomic mass is 10.4. The number of sulfonamides is 1. The lowest BCUT2D eigenvalue weighted by molar-refractivity contribution is 0.400. The van der Waals surface area contributed by atoms with Crippen LogP contribution < -0.4 is 16.0 Å². The van der Waals surface area contributed by atoms with Gasteiger partial charge >= 0.3 is 0 Å². The minimum atomic E-state index is -3.59. The summed E-state index contributed by atoms with van der Waals surface area (Å²) in [6.07, 6.45) is 1.92. The van der Waals surface area contributed by atoms with Crippen LogP contribution in [0.2, 0.25) is 5.02 Å². The van der Waals surface area contributed by atoms with Crippen LogP contribution in [0.1, 0.15) is 6.42 Å². The summed E-state index contributed by atoms with van der Waals surface area (Å²) >= 11 is 5.83. The first kappa shape index (κ1) is 16.1. The van der Waals surface area contributed by atoms with Crippen molar-refractivity contribution in [2.24, 2.45) is 5.84 Å². The fourth-order valence-electron chi connectivity index (χ4n) is 1.36. The normalized spacial score (nSPS) is 11.8. The van der Waals surface area contributed by atoms with Gasteiger partial charge in [-0.3, -0.25) is 0 Å². The second-order valence-corrected chi connectivity index (χ2v) is 6.37. The Kier molecular flexibility index (Phi) is 5.95. The molecule has 0 bridgehead atoms. The zero-order valence-electron chi connectivity index (χ0n) is 10.9. The molecule has 9 heteroatoms. The van der Waals surface area contributed by atoms with Gasteiger partial charge in [0.15, 0.2) is 5.82 Å². The first-order valence-electron chi connectivity index (χ1n) is 5.63. The Morgan fingerprint density at radius 2 is 2.16 bits per heavy atom. The third kappa shape index (κ3) is 4.92. The molecule has 1 heterocycles. The molecule has 0 atom stereocenters. The number of hydrogen-bond acceptors (Lipinski definition) is 6. The Hall–Kier alpha value is -0.930. The molecule has 0 fully saturated rings. The van der Waals surface area contributed by atoms with Crippen molar-refractivity contribution >= 4 is 27.4 Å². The van der Waals surface area contributed by atoms with E-state index in [2.05, 4.69) is 15.1 Å². The number of nitrogen functional groups attached to an aromatic ring is 1. The Labute approximate surface area is 118 Å². The van der Waals surface area contributed by atoms with Gasteiger partial charge in [0.2, 0.25) is 10.0 Å². The monoisotopic (exact) mass is 307 g/mol. The van der Waals surface area contributed by atoms with Crippen LogP contribution in [0.25, 0.3) is 0 Å². The second-order valence-electron chi connectivity index (χ2n) is 4.20. The van der Waals surface area contributed by atoms with E-state index in [0.717, 1.165) is 13.0 Å². The molecule has 0 unspecified atom stereocenters. The van der Waals surface area contributed by atoms with Gasteiger partial charge in [0.25, 0.3) is 0 Å². The van der Waals surface area contributed by atoms with E-state index in [-0.39, 0.29) is 15.7 Å². The number of rotatable bonds is 7. The molecule has 0 aromatic carbocycles. The third-order valence-corrected chi connectivity index (χ3v) is 4.05. The highest BCUT2D eigenvalue weighted by Gasteiger charge is 2.15. The molecule has 0 amide bonds. The van der Waals surface area contributed by atoms with Crippen LogP contribution in [-0.2, 0) is 10.0 Å². The van der Waals surface area contributed by atoms with Gasteiger partial charge in [-0.15, -0.1) is 0 Å². The molecular weight excluding hydrogens is 290 g/mol. The molecule has 7 nitrogen and oxygen atoms in total. The van der Waals surface area contributed by atoms with Gasteiger partial charge in [-0.1, -0.05) is 11.6 Å². The van der Waals surface area contributed by atoms with Gasteiger partial charge in [0.05, 0.1) is 5.02 Å². The highest BCUT2D eigenvalue weighted by Crippen LogP contribution is 2.21. The standard InChI is InChI=1S/C10H18ClN5O2S/c1-16(2)5-3-4-14-19(17,18)8-6-9(11)10(15-12)13-7-8/h6-7,14H,3-5,12H2,1-2H3,(H,13,15). The quantitative estimate of drug-likeness (QED) is 0.379. The Balaban J connectivity index is 2.69. The molecule has 0 aliphatic rings. The van der Waals surface area contributed by atoms with Gasteiger partial charge in [-0.25, -0.2) is 24.0 Å². The van der Waals surface area contributed by atoms with E-state index in [9.17, 15) is 8.42 Å². The van der Waals surface area contributed by atoms with Crippen LogP contribution in [0.5, 0.6) is 0 Å². The van der Waals surface area contributed by atoms with Crippen LogP contribution in [0.3, 0.4) is 0 Å². The lowest BCUT2D eigenvalue weighted by Gasteiger charge is -2.11. The number of halogens is 1. The number of aromatic nitrogens is 1. The zero-order chi connectivity index (χ0) is 14.5. The first-order valence-corrected chi connectivity index (χ1v) is 7.49. The Morgan fingerprint density at radius 3 is 2.68 bits per heavy atom. The third-order valence-electron chi connectivity index (χ3n) is 2.34. The molecule has 1 aromatic heterocycles. The minimum absolute atomic E-state index is 0.0151. The summed E-state index contributed by atoms with van der Waals surface area (Å²) in [5, 5.41) is 0.152. The first-order chi connectivity index (χ1) is 8.86. The summed E-state index contributed by atoms with van der Waals surface area (Å²) in [6, 6.07) is 1.30. The van der Waals surface area contributed by atoms with E-state index >= 15 is 0 Å². The summed E-state index contributed by atoms with van der Waals surface area (Å²) in [4.78, 5) is 5.82. The molecule has 108 valence electrons. The summed E-state index contributed by atoms with van der Waals surface area (Å²) < 4.78 is 26.4. The predicted octanol–water partition coefficient (Wildman–Crippen LogP) is 0.251. The molecule has 0 saturated heterocycles. The Morgan fingerprint density at radius 1 is 1.47 bits per heavy atom. The maximum absolute atomic E-state index is 12.0. The van der Waals surface area contributed by atoms with Crippen LogP contribution in [0.4, 0.5) is 5.82 Å². The predicted molar refractivity (Wildman–Crippen MR) is 75.4 cm³/mol.